The van der Waals surface area contributed by atoms with Crippen molar-refractivity contribution in [2.75, 3.05) is 27.9 Å². The molecule has 332 valence electrons. The average Bonchev–Trinajstić information content (AvgIpc) is 3.79. The van der Waals surface area contributed by atoms with Gasteiger partial charge in [0.05, 0.1) is 31.8 Å². The number of hydrogen-bond acceptors (Lipinski definition) is 10. The van der Waals surface area contributed by atoms with Crippen molar-refractivity contribution in [1.82, 2.24) is 10.3 Å². The number of phenolic OH excluding ortho intramolecular Hbond substituents is 3. The predicted molar refractivity (Wildman–Crippen MR) is 243 cm³/mol. The average molecular weight is 856 g/mol. The minimum Gasteiger partial charge on any atom is -0.670 e. The molecule has 1 heterocycles. The second-order valence-corrected chi connectivity index (χ2v) is 16.9. The van der Waals surface area contributed by atoms with Crippen LogP contribution in [0.1, 0.15) is 69.8 Å². The summed E-state index contributed by atoms with van der Waals surface area (Å²) in [5.41, 5.74) is 5.87. The number of aryl methyl sites for hydroxylation is 1. The molecule has 0 radical (unpaired) electrons. The summed E-state index contributed by atoms with van der Waals surface area (Å²) in [4.78, 5) is 19.9. The zero-order chi connectivity index (χ0) is 44.8. The van der Waals surface area contributed by atoms with Gasteiger partial charge in [-0.05, 0) is 138 Å². The van der Waals surface area contributed by atoms with Crippen LogP contribution in [0.2, 0.25) is 0 Å². The number of rotatable bonds is 18. The van der Waals surface area contributed by atoms with Crippen molar-refractivity contribution in [2.45, 2.75) is 82.5 Å². The molecule has 0 amide bonds. The number of aromatic hydroxyl groups is 3. The first-order valence-electron chi connectivity index (χ1n) is 21.8. The summed E-state index contributed by atoms with van der Waals surface area (Å²) in [6.07, 6.45) is 3.83. The Labute approximate surface area is 369 Å². The van der Waals surface area contributed by atoms with Crippen LogP contribution in [-0.2, 0) is 55.3 Å². The van der Waals surface area contributed by atoms with Crippen molar-refractivity contribution in [2.24, 2.45) is 11.8 Å². The van der Waals surface area contributed by atoms with Gasteiger partial charge < -0.3 is 50.4 Å². The number of methoxy groups -OCH3 is 2. The Kier molecular flexibility index (Phi) is 14.1. The number of aliphatic hydroxyl groups excluding tert-OH is 3. The highest BCUT2D eigenvalue weighted by Crippen LogP contribution is 2.47. The van der Waals surface area contributed by atoms with Crippen LogP contribution in [0.25, 0.3) is 10.8 Å². The van der Waals surface area contributed by atoms with Gasteiger partial charge in [-0.25, -0.2) is 0 Å². The smallest absolute Gasteiger partial charge is 0.164 e. The predicted octanol–water partition coefficient (Wildman–Crippen LogP) is 6.62. The highest BCUT2D eigenvalue weighted by molar-refractivity contribution is 5.95. The number of carbonyl (C=O) groups is 1. The fourth-order valence-corrected chi connectivity index (χ4v) is 10.1. The maximum atomic E-state index is 15.6. The van der Waals surface area contributed by atoms with Crippen LogP contribution in [-0.4, -0.2) is 76.5 Å². The van der Waals surface area contributed by atoms with E-state index in [1.54, 1.807) is 43.7 Å². The van der Waals surface area contributed by atoms with E-state index in [0.717, 1.165) is 50.6 Å². The molecule has 5 atom stereocenters. The number of carbonyl (C=O) groups excluding carboxylic acids is 1. The fraction of sp³-hybridized carbons (Fsp3) is 0.365. The lowest BCUT2D eigenvalue weighted by Crippen LogP contribution is -2.57. The number of benzene rings is 5. The number of nitrogens with one attached hydrogen (secondary N) is 1. The molecule has 1 aromatic heterocycles. The van der Waals surface area contributed by atoms with E-state index in [4.69, 9.17) is 9.47 Å². The van der Waals surface area contributed by atoms with Gasteiger partial charge in [-0.3, -0.25) is 4.79 Å². The standard InChI is InChI=1S/C52H59N2O9/c1-5-34-10-11-35-7-6-8-36(18-20-55)48(35)42(34)27-43-37(12-15-45(58)50(43)63-4)25-38(21-32-17-19-54-30-32)49(60)41-13-16-47(59)52(51(41)61,28-31-9-14-44(57)46(24-31)62-3)39-22-33(29-53-2)23-40(56)26-39/h6-12,14-15,17,19,22-24,26,30,38,41,47,49,53,55-60H,5,13,16,18,20-21,25,27-29H2,1-4H3/q-1. The third kappa shape index (κ3) is 9.15. The molecule has 1 aliphatic carbocycles. The summed E-state index contributed by atoms with van der Waals surface area (Å²) in [5.74, 6) is -1.41. The number of fused-ring (bicyclic) bond motifs is 1. The molecule has 7 N–H and O–H groups in total. The molecule has 7 rings (SSSR count). The molecule has 0 aliphatic heterocycles. The minimum atomic E-state index is -1.59. The van der Waals surface area contributed by atoms with E-state index < -0.39 is 29.5 Å². The molecule has 11 nitrogen and oxygen atoms in total. The topological polar surface area (TPSA) is 183 Å². The highest BCUT2D eigenvalue weighted by Gasteiger charge is 2.54. The van der Waals surface area contributed by atoms with E-state index in [2.05, 4.69) is 35.4 Å². The normalized spacial score (nSPS) is 18.7. The first-order chi connectivity index (χ1) is 30.4. The summed E-state index contributed by atoms with van der Waals surface area (Å²) in [5, 5.41) is 73.1. The molecule has 0 spiro atoms. The third-order valence-corrected chi connectivity index (χ3v) is 13.2. The van der Waals surface area contributed by atoms with Crippen LogP contribution in [0.5, 0.6) is 28.7 Å². The Bertz CT molecular complexity index is 2540. The lowest BCUT2D eigenvalue weighted by atomic mass is 9.58. The van der Waals surface area contributed by atoms with Crippen molar-refractivity contribution in [1.29, 1.82) is 0 Å². The van der Waals surface area contributed by atoms with E-state index >= 15 is 4.79 Å². The van der Waals surface area contributed by atoms with Gasteiger partial charge in [-0.1, -0.05) is 67.1 Å². The van der Waals surface area contributed by atoms with E-state index in [0.29, 0.717) is 54.7 Å². The molecule has 1 fully saturated rings. The first kappa shape index (κ1) is 45.2. The Morgan fingerprint density at radius 3 is 2.35 bits per heavy atom. The zero-order valence-corrected chi connectivity index (χ0v) is 36.5. The van der Waals surface area contributed by atoms with E-state index in [1.165, 1.54) is 26.4 Å². The number of aromatic nitrogens is 1. The maximum absolute atomic E-state index is 15.6. The summed E-state index contributed by atoms with van der Waals surface area (Å²) in [6, 6.07) is 25.5. The molecule has 0 bridgehead atoms. The van der Waals surface area contributed by atoms with Gasteiger partial charge in [-0.15, -0.1) is 0 Å². The second-order valence-electron chi connectivity index (χ2n) is 16.9. The monoisotopic (exact) mass is 855 g/mol. The van der Waals surface area contributed by atoms with Crippen molar-refractivity contribution >= 4 is 16.6 Å². The van der Waals surface area contributed by atoms with Crippen LogP contribution in [0.15, 0.2) is 97.3 Å². The Balaban J connectivity index is 1.34. The fourth-order valence-electron chi connectivity index (χ4n) is 10.1. The number of aliphatic hydroxyl groups is 3. The summed E-state index contributed by atoms with van der Waals surface area (Å²) in [7, 11) is 4.76. The number of ether oxygens (including phenoxy) is 2. The molecule has 0 saturated heterocycles. The summed E-state index contributed by atoms with van der Waals surface area (Å²) >= 11 is 0. The Morgan fingerprint density at radius 2 is 1.63 bits per heavy atom. The van der Waals surface area contributed by atoms with Crippen LogP contribution in [0.3, 0.4) is 0 Å². The van der Waals surface area contributed by atoms with Gasteiger partial charge in [0.25, 0.3) is 0 Å². The van der Waals surface area contributed by atoms with Gasteiger partial charge in [0.1, 0.15) is 5.75 Å². The lowest BCUT2D eigenvalue weighted by Gasteiger charge is -2.46. The van der Waals surface area contributed by atoms with Crippen molar-refractivity contribution in [3.63, 3.8) is 0 Å². The van der Waals surface area contributed by atoms with Gasteiger partial charge in [0.15, 0.2) is 28.8 Å². The highest BCUT2D eigenvalue weighted by atomic mass is 16.5. The van der Waals surface area contributed by atoms with Gasteiger partial charge in [-0.2, -0.15) is 12.4 Å². The molecular weight excluding hydrogens is 797 g/mol. The molecule has 5 aromatic carbocycles. The van der Waals surface area contributed by atoms with Crippen LogP contribution in [0, 0.1) is 11.8 Å². The number of nitrogens with zero attached hydrogens (tertiary/aromatic N) is 1. The number of phenols is 3. The SMILES string of the molecule is CCc1ccc2cccc(CCO)c2c1Cc1c(CC(Cc2cc[n-]c2)C(O)C2CCC(O)C(Cc3ccc(O)c(OC)c3)(c3cc(O)cc(CNC)c3)C2=O)ccc(O)c1OC. The van der Waals surface area contributed by atoms with Gasteiger partial charge in [0, 0.05) is 31.1 Å². The Hall–Kier alpha value is -5.85. The molecule has 6 aromatic rings. The molecule has 11 heteroatoms. The van der Waals surface area contributed by atoms with Gasteiger partial charge >= 0.3 is 0 Å². The number of ketones is 1. The number of hydrogen-bond donors (Lipinski definition) is 7. The Morgan fingerprint density at radius 1 is 0.841 bits per heavy atom. The number of Topliss-reactive ketones (excluding diaryl/α,β-unsaturated/α-hetero) is 1. The quantitative estimate of drug-likeness (QED) is 0.0494. The molecule has 1 saturated carbocycles. The molecule has 63 heavy (non-hydrogen) atoms. The maximum Gasteiger partial charge on any atom is 0.164 e. The summed E-state index contributed by atoms with van der Waals surface area (Å²) in [6.45, 7) is 2.50. The zero-order valence-electron chi connectivity index (χ0n) is 36.5. The minimum absolute atomic E-state index is 0.00433. The van der Waals surface area contributed by atoms with Crippen LogP contribution >= 0.6 is 0 Å². The van der Waals surface area contributed by atoms with Gasteiger partial charge in [0.2, 0.25) is 0 Å². The second kappa shape index (κ2) is 19.7. The molecule has 5 unspecified atom stereocenters. The van der Waals surface area contributed by atoms with Crippen molar-refractivity contribution in [3.8, 4) is 28.7 Å². The van der Waals surface area contributed by atoms with Crippen LogP contribution < -0.4 is 19.8 Å². The van der Waals surface area contributed by atoms with E-state index in [1.807, 2.05) is 30.3 Å². The first-order valence-corrected chi connectivity index (χ1v) is 21.8. The van der Waals surface area contributed by atoms with Crippen molar-refractivity contribution < 1.29 is 44.9 Å². The van der Waals surface area contributed by atoms with Crippen molar-refractivity contribution in [3.05, 3.63) is 147 Å². The lowest BCUT2D eigenvalue weighted by molar-refractivity contribution is -0.144. The van der Waals surface area contributed by atoms with E-state index in [9.17, 15) is 30.6 Å². The largest absolute Gasteiger partial charge is 0.670 e. The molecule has 1 aliphatic rings. The van der Waals surface area contributed by atoms with Crippen LogP contribution in [0.4, 0.5) is 0 Å². The third-order valence-electron chi connectivity index (χ3n) is 13.2. The molecular formula is C52H59N2O9-. The van der Waals surface area contributed by atoms with E-state index in [-0.39, 0.29) is 54.7 Å². The summed E-state index contributed by atoms with van der Waals surface area (Å²) < 4.78 is 11.4.